The number of carboxylic acid groups (broad SMARTS) is 1. The maximum absolute atomic E-state index is 12.4. The molecule has 1 heterocycles. The van der Waals surface area contributed by atoms with Crippen molar-refractivity contribution in [2.45, 2.75) is 58.1 Å². The number of carbonyl (C=O) groups is 2. The highest BCUT2D eigenvalue weighted by molar-refractivity contribution is 6.00. The summed E-state index contributed by atoms with van der Waals surface area (Å²) < 4.78 is 0. The van der Waals surface area contributed by atoms with Gasteiger partial charge in [-0.3, -0.25) is 4.79 Å². The van der Waals surface area contributed by atoms with Crippen LogP contribution in [0.1, 0.15) is 64.2 Å². The van der Waals surface area contributed by atoms with E-state index in [9.17, 15) is 14.7 Å². The number of nitrogens with one attached hydrogen (secondary N) is 2. The molecule has 6 heteroatoms. The van der Waals surface area contributed by atoms with Gasteiger partial charge in [0.2, 0.25) is 0 Å². The van der Waals surface area contributed by atoms with Gasteiger partial charge in [-0.25, -0.2) is 4.79 Å². The zero-order valence-corrected chi connectivity index (χ0v) is 12.4. The van der Waals surface area contributed by atoms with E-state index in [1.54, 1.807) is 13.8 Å². The molecule has 6 nitrogen and oxygen atoms in total. The third-order valence-corrected chi connectivity index (χ3v) is 4.17. The van der Waals surface area contributed by atoms with E-state index in [-0.39, 0.29) is 17.6 Å². The fourth-order valence-electron chi connectivity index (χ4n) is 3.00. The maximum Gasteiger partial charge on any atom is 0.352 e. The van der Waals surface area contributed by atoms with E-state index in [4.69, 9.17) is 5.11 Å². The standard InChI is InChI=1S/C15H22N2O4/c1-8-12(9(2)16-13(8)15(20)21)14(19)17-10-6-4-3-5-7-11(10)18/h10-11,16,18H,3-7H2,1-2H3,(H,17,19)(H,20,21). The van der Waals surface area contributed by atoms with Crippen LogP contribution in [0.25, 0.3) is 0 Å². The van der Waals surface area contributed by atoms with Crippen molar-refractivity contribution in [1.29, 1.82) is 0 Å². The van der Waals surface area contributed by atoms with E-state index in [2.05, 4.69) is 10.3 Å². The van der Waals surface area contributed by atoms with Gasteiger partial charge in [-0.1, -0.05) is 19.3 Å². The van der Waals surface area contributed by atoms with Crippen LogP contribution in [0.2, 0.25) is 0 Å². The first-order valence-electron chi connectivity index (χ1n) is 7.33. The van der Waals surface area contributed by atoms with Crippen molar-refractivity contribution >= 4 is 11.9 Å². The van der Waals surface area contributed by atoms with Gasteiger partial charge in [0.15, 0.2) is 0 Å². The minimum absolute atomic E-state index is 0.0408. The molecule has 116 valence electrons. The molecule has 0 radical (unpaired) electrons. The molecule has 1 saturated carbocycles. The topological polar surface area (TPSA) is 102 Å². The number of amides is 1. The summed E-state index contributed by atoms with van der Waals surface area (Å²) >= 11 is 0. The summed E-state index contributed by atoms with van der Waals surface area (Å²) in [4.78, 5) is 26.2. The van der Waals surface area contributed by atoms with E-state index in [0.717, 1.165) is 25.7 Å². The van der Waals surface area contributed by atoms with Gasteiger partial charge in [-0.15, -0.1) is 0 Å². The van der Waals surface area contributed by atoms with Gasteiger partial charge in [0.25, 0.3) is 5.91 Å². The van der Waals surface area contributed by atoms with Gasteiger partial charge in [0.05, 0.1) is 17.7 Å². The van der Waals surface area contributed by atoms with Gasteiger partial charge in [0, 0.05) is 5.69 Å². The van der Waals surface area contributed by atoms with Crippen LogP contribution in [0.3, 0.4) is 0 Å². The molecule has 4 N–H and O–H groups in total. The second-order valence-electron chi connectivity index (χ2n) is 5.72. The Kier molecular flexibility index (Phi) is 4.67. The summed E-state index contributed by atoms with van der Waals surface area (Å²) in [6.45, 7) is 3.29. The summed E-state index contributed by atoms with van der Waals surface area (Å²) in [5, 5.41) is 22.0. The molecule has 0 aromatic carbocycles. The number of H-pyrrole nitrogens is 1. The largest absolute Gasteiger partial charge is 0.477 e. The number of hydrogen-bond acceptors (Lipinski definition) is 3. The van der Waals surface area contributed by atoms with Gasteiger partial charge < -0.3 is 20.5 Å². The van der Waals surface area contributed by atoms with Crippen LogP contribution >= 0.6 is 0 Å². The molecule has 1 aromatic rings. The number of carbonyl (C=O) groups excluding carboxylic acids is 1. The number of hydrogen-bond donors (Lipinski definition) is 4. The van der Waals surface area contributed by atoms with Crippen molar-refractivity contribution in [3.63, 3.8) is 0 Å². The molecule has 2 unspecified atom stereocenters. The summed E-state index contributed by atoms with van der Waals surface area (Å²) in [6.07, 6.45) is 3.92. The molecule has 1 aliphatic carbocycles. The third kappa shape index (κ3) is 3.26. The van der Waals surface area contributed by atoms with Crippen molar-refractivity contribution in [2.75, 3.05) is 0 Å². The number of aromatic nitrogens is 1. The molecule has 2 atom stereocenters. The lowest BCUT2D eigenvalue weighted by Gasteiger charge is -2.22. The van der Waals surface area contributed by atoms with E-state index in [1.807, 2.05) is 0 Å². The number of rotatable bonds is 3. The lowest BCUT2D eigenvalue weighted by molar-refractivity contribution is 0.0690. The Hall–Kier alpha value is -1.82. The van der Waals surface area contributed by atoms with E-state index in [0.29, 0.717) is 23.2 Å². The van der Waals surface area contributed by atoms with Gasteiger partial charge in [-0.2, -0.15) is 0 Å². The Labute approximate surface area is 123 Å². The molecule has 0 spiro atoms. The molecule has 0 aliphatic heterocycles. The SMILES string of the molecule is Cc1[nH]c(C(=O)O)c(C)c1C(=O)NC1CCCCCC1O. The highest BCUT2D eigenvalue weighted by atomic mass is 16.4. The lowest BCUT2D eigenvalue weighted by atomic mass is 10.0. The fourth-order valence-corrected chi connectivity index (χ4v) is 3.00. The summed E-state index contributed by atoms with van der Waals surface area (Å²) in [5.74, 6) is -1.40. The quantitative estimate of drug-likeness (QED) is 0.638. The highest BCUT2D eigenvalue weighted by Gasteiger charge is 2.27. The smallest absolute Gasteiger partial charge is 0.352 e. The van der Waals surface area contributed by atoms with Crippen molar-refractivity contribution in [3.8, 4) is 0 Å². The van der Waals surface area contributed by atoms with Crippen LogP contribution in [0.15, 0.2) is 0 Å². The summed E-state index contributed by atoms with van der Waals surface area (Å²) in [5.41, 5.74) is 1.37. The van der Waals surface area contributed by atoms with E-state index in [1.165, 1.54) is 0 Å². The predicted molar refractivity (Wildman–Crippen MR) is 77.6 cm³/mol. The van der Waals surface area contributed by atoms with Crippen molar-refractivity contribution in [1.82, 2.24) is 10.3 Å². The van der Waals surface area contributed by atoms with Crippen molar-refractivity contribution < 1.29 is 19.8 Å². The number of aliphatic hydroxyl groups excluding tert-OH is 1. The van der Waals surface area contributed by atoms with Gasteiger partial charge in [-0.05, 0) is 32.3 Å². The summed E-state index contributed by atoms with van der Waals surface area (Å²) in [6, 6.07) is -0.262. The molecule has 1 fully saturated rings. The second kappa shape index (κ2) is 6.30. The minimum atomic E-state index is -1.08. The fraction of sp³-hybridized carbons (Fsp3) is 0.600. The Bertz CT molecular complexity index is 550. The number of aromatic amines is 1. The monoisotopic (exact) mass is 294 g/mol. The predicted octanol–water partition coefficient (Wildman–Crippen LogP) is 1.75. The normalized spacial score (nSPS) is 22.6. The summed E-state index contributed by atoms with van der Waals surface area (Å²) in [7, 11) is 0. The molecule has 0 bridgehead atoms. The van der Waals surface area contributed by atoms with E-state index >= 15 is 0 Å². The number of aliphatic hydroxyl groups is 1. The molecular weight excluding hydrogens is 272 g/mol. The Balaban J connectivity index is 2.18. The van der Waals surface area contributed by atoms with Gasteiger partial charge >= 0.3 is 5.97 Å². The Morgan fingerprint density at radius 1 is 1.19 bits per heavy atom. The van der Waals surface area contributed by atoms with Crippen LogP contribution in [0, 0.1) is 13.8 Å². The zero-order chi connectivity index (χ0) is 15.6. The average Bonchev–Trinajstić information content (AvgIpc) is 2.57. The van der Waals surface area contributed by atoms with E-state index < -0.39 is 12.1 Å². The van der Waals surface area contributed by atoms with Crippen molar-refractivity contribution in [2.24, 2.45) is 0 Å². The van der Waals surface area contributed by atoms with Crippen LogP contribution in [-0.2, 0) is 0 Å². The third-order valence-electron chi connectivity index (χ3n) is 4.17. The van der Waals surface area contributed by atoms with Crippen LogP contribution in [0.5, 0.6) is 0 Å². The zero-order valence-electron chi connectivity index (χ0n) is 12.4. The number of aryl methyl sites for hydroxylation is 1. The van der Waals surface area contributed by atoms with Gasteiger partial charge in [0.1, 0.15) is 5.69 Å². The molecule has 2 rings (SSSR count). The van der Waals surface area contributed by atoms with Crippen LogP contribution in [-0.4, -0.2) is 39.2 Å². The number of aromatic carboxylic acids is 1. The maximum atomic E-state index is 12.4. The first-order chi connectivity index (χ1) is 9.91. The molecule has 1 aromatic heterocycles. The van der Waals surface area contributed by atoms with Crippen LogP contribution < -0.4 is 5.32 Å². The second-order valence-corrected chi connectivity index (χ2v) is 5.72. The molecule has 1 amide bonds. The lowest BCUT2D eigenvalue weighted by Crippen LogP contribution is -2.43. The Morgan fingerprint density at radius 2 is 1.86 bits per heavy atom. The highest BCUT2D eigenvalue weighted by Crippen LogP contribution is 2.21. The van der Waals surface area contributed by atoms with Crippen molar-refractivity contribution in [3.05, 3.63) is 22.5 Å². The molecule has 21 heavy (non-hydrogen) atoms. The molecule has 0 saturated heterocycles. The first kappa shape index (κ1) is 15.6. The van der Waals surface area contributed by atoms with Crippen LogP contribution in [0.4, 0.5) is 0 Å². The average molecular weight is 294 g/mol. The minimum Gasteiger partial charge on any atom is -0.477 e. The molecular formula is C15H22N2O4. The number of carboxylic acids is 1. The first-order valence-corrected chi connectivity index (χ1v) is 7.33. The molecule has 1 aliphatic rings. The Morgan fingerprint density at radius 3 is 2.48 bits per heavy atom.